The lowest BCUT2D eigenvalue weighted by molar-refractivity contribution is -0.152. The minimum Gasteiger partial charge on any atom is -0.339 e. The molecule has 1 saturated heterocycles. The lowest BCUT2D eigenvalue weighted by Crippen LogP contribution is -2.61. The van der Waals surface area contributed by atoms with Crippen molar-refractivity contribution in [3.8, 4) is 0 Å². The highest BCUT2D eigenvalue weighted by molar-refractivity contribution is 6.13. The van der Waals surface area contributed by atoms with Gasteiger partial charge in [0.25, 0.3) is 5.91 Å². The largest absolute Gasteiger partial charge is 0.339 e. The average Bonchev–Trinajstić information content (AvgIpc) is 2.75. The summed E-state index contributed by atoms with van der Waals surface area (Å²) < 4.78 is 0. The van der Waals surface area contributed by atoms with Crippen molar-refractivity contribution in [2.24, 2.45) is 10.5 Å². The van der Waals surface area contributed by atoms with E-state index < -0.39 is 11.0 Å². The summed E-state index contributed by atoms with van der Waals surface area (Å²) in [4.78, 5) is 42.9. The Kier molecular flexibility index (Phi) is 4.96. The van der Waals surface area contributed by atoms with Gasteiger partial charge in [-0.3, -0.25) is 14.4 Å². The Bertz CT molecular complexity index is 628. The van der Waals surface area contributed by atoms with Crippen molar-refractivity contribution in [1.82, 2.24) is 19.7 Å². The minimum absolute atomic E-state index is 0.0881. The van der Waals surface area contributed by atoms with Gasteiger partial charge in [0.15, 0.2) is 0 Å². The number of fused-ring (bicyclic) bond motifs is 1. The van der Waals surface area contributed by atoms with Gasteiger partial charge in [-0.2, -0.15) is 5.10 Å². The van der Waals surface area contributed by atoms with Gasteiger partial charge in [0.05, 0.1) is 12.3 Å². The van der Waals surface area contributed by atoms with Crippen molar-refractivity contribution in [3.05, 3.63) is 0 Å². The van der Waals surface area contributed by atoms with Crippen LogP contribution in [0.3, 0.4) is 0 Å². The van der Waals surface area contributed by atoms with Gasteiger partial charge in [0, 0.05) is 33.6 Å². The number of piperidine rings is 1. The van der Waals surface area contributed by atoms with E-state index in [0.717, 1.165) is 5.71 Å². The summed E-state index contributed by atoms with van der Waals surface area (Å²) in [7, 11) is 6.92. The molecule has 140 valence electrons. The molecule has 8 heteroatoms. The van der Waals surface area contributed by atoms with Crippen LogP contribution in [0.1, 0.15) is 27.2 Å². The number of nitrogens with zero attached hydrogens (tertiary/aromatic N) is 5. The third-order valence-electron chi connectivity index (χ3n) is 5.27. The van der Waals surface area contributed by atoms with Crippen molar-refractivity contribution < 1.29 is 14.4 Å². The van der Waals surface area contributed by atoms with Gasteiger partial charge in [-0.25, -0.2) is 5.01 Å². The van der Waals surface area contributed by atoms with E-state index >= 15 is 0 Å². The summed E-state index contributed by atoms with van der Waals surface area (Å²) in [5.41, 5.74) is -0.907. The van der Waals surface area contributed by atoms with Crippen LogP contribution in [0.4, 0.5) is 0 Å². The van der Waals surface area contributed by atoms with Crippen LogP contribution in [0.15, 0.2) is 5.10 Å². The van der Waals surface area contributed by atoms with Crippen molar-refractivity contribution in [2.45, 2.75) is 32.7 Å². The fourth-order valence-corrected chi connectivity index (χ4v) is 3.40. The first kappa shape index (κ1) is 19.4. The molecule has 0 bridgehead atoms. The molecule has 8 nitrogen and oxygen atoms in total. The zero-order valence-corrected chi connectivity index (χ0v) is 16.3. The van der Waals surface area contributed by atoms with E-state index in [2.05, 4.69) is 5.10 Å². The summed E-state index contributed by atoms with van der Waals surface area (Å²) >= 11 is 0. The molecule has 3 amide bonds. The second kappa shape index (κ2) is 6.40. The SMILES string of the molecule is CN(C)CC(=O)N(C)C(C)(C)C(=O)N1CCC2=NN(C)C(=O)C2(C)C1. The molecule has 0 saturated carbocycles. The Morgan fingerprint density at radius 2 is 1.88 bits per heavy atom. The molecule has 0 radical (unpaired) electrons. The first-order valence-electron chi connectivity index (χ1n) is 8.48. The lowest BCUT2D eigenvalue weighted by atomic mass is 9.79. The molecule has 2 rings (SSSR count). The van der Waals surface area contributed by atoms with E-state index in [1.165, 1.54) is 9.91 Å². The van der Waals surface area contributed by atoms with Gasteiger partial charge in [-0.05, 0) is 34.9 Å². The Hall–Kier alpha value is -1.96. The zero-order chi connectivity index (χ0) is 19.2. The summed E-state index contributed by atoms with van der Waals surface area (Å²) in [6.45, 7) is 6.38. The zero-order valence-electron chi connectivity index (χ0n) is 16.3. The number of hydrogen-bond donors (Lipinski definition) is 0. The Morgan fingerprint density at radius 1 is 1.28 bits per heavy atom. The lowest BCUT2D eigenvalue weighted by Gasteiger charge is -2.43. The molecule has 2 aliphatic heterocycles. The number of rotatable bonds is 4. The Balaban J connectivity index is 2.16. The fourth-order valence-electron chi connectivity index (χ4n) is 3.40. The normalized spacial score (nSPS) is 23.7. The number of hydrazone groups is 1. The van der Waals surface area contributed by atoms with Crippen LogP contribution in [-0.4, -0.2) is 96.5 Å². The van der Waals surface area contributed by atoms with Gasteiger partial charge < -0.3 is 14.7 Å². The van der Waals surface area contributed by atoms with Gasteiger partial charge in [0.1, 0.15) is 11.0 Å². The standard InChI is InChI=1S/C17H29N5O3/c1-16(2,20(6)13(23)10-19(4)5)14(24)22-9-8-12-17(3,11-22)15(25)21(7)18-12/h8-11H2,1-7H3. The van der Waals surface area contributed by atoms with E-state index in [1.807, 2.05) is 21.0 Å². The molecule has 0 N–H and O–H groups in total. The molecule has 2 heterocycles. The van der Waals surface area contributed by atoms with Gasteiger partial charge in [-0.15, -0.1) is 0 Å². The van der Waals surface area contributed by atoms with E-state index in [9.17, 15) is 14.4 Å². The second-order valence-electron chi connectivity index (χ2n) is 7.93. The van der Waals surface area contributed by atoms with Crippen LogP contribution in [0.2, 0.25) is 0 Å². The van der Waals surface area contributed by atoms with Crippen molar-refractivity contribution >= 4 is 23.4 Å². The molecule has 0 aromatic carbocycles. The van der Waals surface area contributed by atoms with E-state index in [-0.39, 0.29) is 24.3 Å². The van der Waals surface area contributed by atoms with Crippen LogP contribution in [0, 0.1) is 5.41 Å². The maximum absolute atomic E-state index is 13.1. The summed E-state index contributed by atoms with van der Waals surface area (Å²) in [6.07, 6.45) is 0.573. The number of likely N-dealkylation sites (tertiary alicyclic amines) is 1. The molecule has 25 heavy (non-hydrogen) atoms. The predicted molar refractivity (Wildman–Crippen MR) is 94.9 cm³/mol. The predicted octanol–water partition coefficient (Wildman–Crippen LogP) is -0.148. The van der Waals surface area contributed by atoms with Crippen molar-refractivity contribution in [2.75, 3.05) is 47.8 Å². The maximum atomic E-state index is 13.1. The quantitative estimate of drug-likeness (QED) is 0.706. The summed E-state index contributed by atoms with van der Waals surface area (Å²) in [5.74, 6) is -0.356. The minimum atomic E-state index is -0.981. The molecular weight excluding hydrogens is 322 g/mol. The van der Waals surface area contributed by atoms with Gasteiger partial charge >= 0.3 is 0 Å². The molecule has 0 aromatic heterocycles. The van der Waals surface area contributed by atoms with Crippen LogP contribution in [0.5, 0.6) is 0 Å². The number of hydrogen-bond acceptors (Lipinski definition) is 5. The van der Waals surface area contributed by atoms with Crippen molar-refractivity contribution in [3.63, 3.8) is 0 Å². The van der Waals surface area contributed by atoms with Crippen molar-refractivity contribution in [1.29, 1.82) is 0 Å². The highest BCUT2D eigenvalue weighted by Gasteiger charge is 2.51. The monoisotopic (exact) mass is 351 g/mol. The number of likely N-dealkylation sites (N-methyl/N-ethyl adjacent to an activating group) is 2. The maximum Gasteiger partial charge on any atom is 0.255 e. The Morgan fingerprint density at radius 3 is 2.44 bits per heavy atom. The van der Waals surface area contributed by atoms with E-state index in [1.54, 1.807) is 37.7 Å². The molecule has 1 unspecified atom stereocenters. The highest BCUT2D eigenvalue weighted by Crippen LogP contribution is 2.35. The number of carbonyl (C=O) groups excluding carboxylic acids is 3. The molecule has 0 spiro atoms. The molecular formula is C17H29N5O3. The van der Waals surface area contributed by atoms with Crippen LogP contribution < -0.4 is 0 Å². The summed E-state index contributed by atoms with van der Waals surface area (Å²) in [5, 5.41) is 5.67. The van der Waals surface area contributed by atoms with Gasteiger partial charge in [0.2, 0.25) is 11.8 Å². The fraction of sp³-hybridized carbons (Fsp3) is 0.765. The van der Waals surface area contributed by atoms with Crippen LogP contribution in [-0.2, 0) is 14.4 Å². The number of amides is 3. The number of carbonyl (C=O) groups is 3. The average molecular weight is 351 g/mol. The third-order valence-corrected chi connectivity index (χ3v) is 5.27. The Labute approximate surface area is 149 Å². The topological polar surface area (TPSA) is 76.5 Å². The highest BCUT2D eigenvalue weighted by atomic mass is 16.2. The molecule has 2 aliphatic rings. The molecule has 1 fully saturated rings. The molecule has 1 atom stereocenters. The molecule has 0 aromatic rings. The third kappa shape index (κ3) is 3.27. The first-order valence-corrected chi connectivity index (χ1v) is 8.48. The first-order chi connectivity index (χ1) is 11.4. The summed E-state index contributed by atoms with van der Waals surface area (Å²) in [6, 6.07) is 0. The van der Waals surface area contributed by atoms with Crippen LogP contribution >= 0.6 is 0 Å². The van der Waals surface area contributed by atoms with E-state index in [0.29, 0.717) is 19.5 Å². The van der Waals surface area contributed by atoms with Crippen LogP contribution in [0.25, 0.3) is 0 Å². The second-order valence-corrected chi connectivity index (χ2v) is 7.93. The smallest absolute Gasteiger partial charge is 0.255 e. The van der Waals surface area contributed by atoms with E-state index in [4.69, 9.17) is 0 Å². The van der Waals surface area contributed by atoms with Gasteiger partial charge in [-0.1, -0.05) is 0 Å². The molecule has 0 aliphatic carbocycles.